The molecular weight excluding hydrogens is 238 g/mol. The third-order valence-corrected chi connectivity index (χ3v) is 2.98. The van der Waals surface area contributed by atoms with E-state index in [0.29, 0.717) is 6.54 Å². The molecule has 5 heteroatoms. The molecule has 18 heavy (non-hydrogen) atoms. The average molecular weight is 252 g/mol. The van der Waals surface area contributed by atoms with Crippen molar-refractivity contribution in [1.29, 1.82) is 5.26 Å². The largest absolute Gasteiger partial charge is 0.377 e. The Morgan fingerprint density at radius 1 is 1.50 bits per heavy atom. The van der Waals surface area contributed by atoms with Crippen molar-refractivity contribution in [3.63, 3.8) is 0 Å². The molecule has 0 radical (unpaired) electrons. The van der Waals surface area contributed by atoms with Crippen LogP contribution in [-0.4, -0.2) is 19.3 Å². The van der Waals surface area contributed by atoms with Gasteiger partial charge in [0.05, 0.1) is 12.2 Å². The minimum atomic E-state index is -0.783. The molecule has 1 aliphatic heterocycles. The molecule has 1 N–H and O–H groups in total. The third kappa shape index (κ3) is 3.03. The zero-order valence-corrected chi connectivity index (χ0v) is 9.83. The summed E-state index contributed by atoms with van der Waals surface area (Å²) in [7, 11) is 0. The van der Waals surface area contributed by atoms with E-state index in [9.17, 15) is 8.78 Å². The Morgan fingerprint density at radius 3 is 2.94 bits per heavy atom. The first-order chi connectivity index (χ1) is 8.70. The molecule has 1 aromatic rings. The van der Waals surface area contributed by atoms with Gasteiger partial charge in [-0.05, 0) is 18.9 Å². The lowest BCUT2D eigenvalue weighted by Crippen LogP contribution is -2.29. The molecule has 96 valence electrons. The average Bonchev–Trinajstić information content (AvgIpc) is 2.85. The van der Waals surface area contributed by atoms with Gasteiger partial charge in [-0.2, -0.15) is 5.26 Å². The molecule has 2 rings (SSSR count). The van der Waals surface area contributed by atoms with Gasteiger partial charge in [-0.15, -0.1) is 0 Å². The molecule has 2 unspecified atom stereocenters. The Balaban J connectivity index is 2.01. The lowest BCUT2D eigenvalue weighted by molar-refractivity contribution is 0.109. The van der Waals surface area contributed by atoms with E-state index >= 15 is 0 Å². The Hall–Kier alpha value is -1.51. The SMILES string of the molecule is N#CC(NCC1CCCO1)c1ccc(F)cc1F. The second kappa shape index (κ2) is 5.89. The number of hydrogen-bond acceptors (Lipinski definition) is 3. The van der Waals surface area contributed by atoms with Crippen LogP contribution in [0.1, 0.15) is 24.4 Å². The highest BCUT2D eigenvalue weighted by Crippen LogP contribution is 2.18. The maximum absolute atomic E-state index is 13.5. The van der Waals surface area contributed by atoms with Crippen LogP contribution >= 0.6 is 0 Å². The molecule has 1 fully saturated rings. The predicted molar refractivity (Wildman–Crippen MR) is 61.7 cm³/mol. The molecule has 1 aliphatic rings. The van der Waals surface area contributed by atoms with Crippen molar-refractivity contribution in [3.05, 3.63) is 35.4 Å². The van der Waals surface area contributed by atoms with Crippen molar-refractivity contribution in [2.24, 2.45) is 0 Å². The number of nitriles is 1. The highest BCUT2D eigenvalue weighted by molar-refractivity contribution is 5.26. The number of benzene rings is 1. The molecule has 0 aromatic heterocycles. The minimum absolute atomic E-state index is 0.0735. The molecule has 0 aliphatic carbocycles. The summed E-state index contributed by atoms with van der Waals surface area (Å²) in [5, 5.41) is 12.0. The smallest absolute Gasteiger partial charge is 0.131 e. The van der Waals surface area contributed by atoms with Gasteiger partial charge in [0.2, 0.25) is 0 Å². The Morgan fingerprint density at radius 2 is 2.33 bits per heavy atom. The molecule has 3 nitrogen and oxygen atoms in total. The normalized spacial score (nSPS) is 20.6. The number of halogens is 2. The van der Waals surface area contributed by atoms with E-state index in [-0.39, 0.29) is 11.7 Å². The lowest BCUT2D eigenvalue weighted by Gasteiger charge is -2.15. The summed E-state index contributed by atoms with van der Waals surface area (Å²) >= 11 is 0. The van der Waals surface area contributed by atoms with E-state index < -0.39 is 17.7 Å². The van der Waals surface area contributed by atoms with Gasteiger partial charge in [0.1, 0.15) is 17.7 Å². The van der Waals surface area contributed by atoms with E-state index in [0.717, 1.165) is 31.6 Å². The van der Waals surface area contributed by atoms with Crippen molar-refractivity contribution in [2.45, 2.75) is 25.0 Å². The van der Waals surface area contributed by atoms with Crippen LogP contribution < -0.4 is 5.32 Å². The number of nitrogens with one attached hydrogen (secondary N) is 1. The van der Waals surface area contributed by atoms with Crippen molar-refractivity contribution < 1.29 is 13.5 Å². The van der Waals surface area contributed by atoms with Gasteiger partial charge < -0.3 is 4.74 Å². The fraction of sp³-hybridized carbons (Fsp3) is 0.462. The Kier molecular flexibility index (Phi) is 4.24. The van der Waals surface area contributed by atoms with Gasteiger partial charge in [-0.25, -0.2) is 8.78 Å². The van der Waals surface area contributed by atoms with Crippen LogP contribution in [0.25, 0.3) is 0 Å². The van der Waals surface area contributed by atoms with Crippen molar-refractivity contribution in [1.82, 2.24) is 5.32 Å². The molecular formula is C13H14F2N2O. The lowest BCUT2D eigenvalue weighted by atomic mass is 10.1. The summed E-state index contributed by atoms with van der Waals surface area (Å²) in [6.07, 6.45) is 2.02. The van der Waals surface area contributed by atoms with Crippen molar-refractivity contribution >= 4 is 0 Å². The van der Waals surface area contributed by atoms with Crippen LogP contribution in [0.15, 0.2) is 18.2 Å². The summed E-state index contributed by atoms with van der Waals surface area (Å²) in [4.78, 5) is 0. The number of rotatable bonds is 4. The minimum Gasteiger partial charge on any atom is -0.377 e. The topological polar surface area (TPSA) is 45.0 Å². The first-order valence-electron chi connectivity index (χ1n) is 5.90. The molecule has 0 saturated carbocycles. The Labute approximate surface area is 104 Å². The van der Waals surface area contributed by atoms with Crippen LogP contribution in [0.5, 0.6) is 0 Å². The summed E-state index contributed by atoms with van der Waals surface area (Å²) < 4.78 is 31.7. The highest BCUT2D eigenvalue weighted by atomic mass is 19.1. The van der Waals surface area contributed by atoms with Gasteiger partial charge in [0, 0.05) is 24.8 Å². The second-order valence-electron chi connectivity index (χ2n) is 4.27. The van der Waals surface area contributed by atoms with Gasteiger partial charge in [-0.3, -0.25) is 5.32 Å². The predicted octanol–water partition coefficient (Wildman–Crippen LogP) is 2.30. The molecule has 1 aromatic carbocycles. The van der Waals surface area contributed by atoms with Gasteiger partial charge in [-0.1, -0.05) is 6.07 Å². The van der Waals surface area contributed by atoms with E-state index in [1.807, 2.05) is 6.07 Å². The van der Waals surface area contributed by atoms with Crippen molar-refractivity contribution in [2.75, 3.05) is 13.2 Å². The quantitative estimate of drug-likeness (QED) is 0.894. The summed E-state index contributed by atoms with van der Waals surface area (Å²) in [5.41, 5.74) is 0.164. The van der Waals surface area contributed by atoms with Crippen LogP contribution in [0, 0.1) is 23.0 Å². The number of nitrogens with zero attached hydrogens (tertiary/aromatic N) is 1. The van der Waals surface area contributed by atoms with E-state index in [1.54, 1.807) is 0 Å². The fourth-order valence-corrected chi connectivity index (χ4v) is 2.02. The third-order valence-electron chi connectivity index (χ3n) is 2.98. The fourth-order valence-electron chi connectivity index (χ4n) is 2.02. The zero-order valence-electron chi connectivity index (χ0n) is 9.83. The van der Waals surface area contributed by atoms with Crippen LogP contribution in [0.4, 0.5) is 8.78 Å². The Bertz CT molecular complexity index is 453. The first kappa shape index (κ1) is 12.9. The molecule has 0 amide bonds. The molecule has 0 spiro atoms. The molecule has 1 heterocycles. The van der Waals surface area contributed by atoms with Crippen LogP contribution in [0.3, 0.4) is 0 Å². The second-order valence-corrected chi connectivity index (χ2v) is 4.27. The number of ether oxygens (including phenoxy) is 1. The van der Waals surface area contributed by atoms with E-state index in [4.69, 9.17) is 10.00 Å². The standard InChI is InChI=1S/C13H14F2N2O/c14-9-3-4-11(12(15)6-9)13(7-16)17-8-10-2-1-5-18-10/h3-4,6,10,13,17H,1-2,5,8H2. The summed E-state index contributed by atoms with van der Waals surface area (Å²) in [6, 6.07) is 4.42. The van der Waals surface area contributed by atoms with Crippen LogP contribution in [0.2, 0.25) is 0 Å². The van der Waals surface area contributed by atoms with E-state index in [1.165, 1.54) is 6.07 Å². The van der Waals surface area contributed by atoms with Crippen molar-refractivity contribution in [3.8, 4) is 6.07 Å². The molecule has 1 saturated heterocycles. The monoisotopic (exact) mass is 252 g/mol. The number of hydrogen-bond donors (Lipinski definition) is 1. The maximum atomic E-state index is 13.5. The maximum Gasteiger partial charge on any atom is 0.131 e. The van der Waals surface area contributed by atoms with Gasteiger partial charge in [0.15, 0.2) is 0 Å². The molecule has 0 bridgehead atoms. The van der Waals surface area contributed by atoms with Gasteiger partial charge >= 0.3 is 0 Å². The zero-order chi connectivity index (χ0) is 13.0. The first-order valence-corrected chi connectivity index (χ1v) is 5.90. The van der Waals surface area contributed by atoms with E-state index in [2.05, 4.69) is 5.32 Å². The van der Waals surface area contributed by atoms with Crippen LogP contribution in [-0.2, 0) is 4.74 Å². The summed E-state index contributed by atoms with van der Waals surface area (Å²) in [6.45, 7) is 1.23. The summed E-state index contributed by atoms with van der Waals surface area (Å²) in [5.74, 6) is -1.35. The van der Waals surface area contributed by atoms with Gasteiger partial charge in [0.25, 0.3) is 0 Å². The highest BCUT2D eigenvalue weighted by Gasteiger charge is 2.20. The molecule has 2 atom stereocenters.